The number of aliphatic hydroxyl groups excluding tert-OH is 6. The molecule has 0 amide bonds. The zero-order valence-electron chi connectivity index (χ0n) is 43.9. The van der Waals surface area contributed by atoms with Gasteiger partial charge < -0.3 is 88.2 Å². The van der Waals surface area contributed by atoms with E-state index in [0.717, 1.165) is 11.8 Å². The van der Waals surface area contributed by atoms with Gasteiger partial charge in [0.05, 0.1) is 19.8 Å². The number of methoxy groups -OCH3 is 1. The number of hydrogen-bond acceptors (Lipinski definition) is 39. The van der Waals surface area contributed by atoms with Gasteiger partial charge in [0.2, 0.25) is 0 Å². The second-order valence-electron chi connectivity index (χ2n) is 18.7. The standard InChI is InChI=1S/C31H53N3O49S8/c1-69-27-9(33-85(48,49)50)13(37)17(6(74-27)3-71-88(57,58)59)76-31-22(83-91(66,67)68)16(40)21(24(81-31)26(43)44)79-29-10(34-86(51,52)53)19(82-90(63,64)65)18(7(75-29)4-72-89(60,61)62)77-30-15(39)14(38)20(23(80-30)25(41)42)78-28-8(32-84(45,46)47)12(36)11(35)5(73-28)2-70-87(54,55)56/h5-24,27-40H,2-4H2,1H3,(H,41,42)(H,43,44)(H,45,46,47)(H,48,49,50)(H,51,52,53)(H,54,55,56)(H,57,58,59)(H,60,61,62)(H,63,64,65)(H,66,67,68)/t5-,6-,7-,8-,9-,10-,11-,12-,13-,14-,15-,16+,17-,18-,19-,20+,21+,22-,23+,24-,27+,28-,29+,30-,31-/m1/s1. The Morgan fingerprint density at radius 3 is 1.13 bits per heavy atom. The lowest BCUT2D eigenvalue weighted by atomic mass is 9.94. The predicted molar refractivity (Wildman–Crippen MR) is 262 cm³/mol. The average molecular weight is 1510 g/mol. The Kier molecular flexibility index (Phi) is 26.0. The molecule has 0 spiro atoms. The Morgan fingerprint density at radius 1 is 0.352 bits per heavy atom. The van der Waals surface area contributed by atoms with Crippen molar-refractivity contribution in [2.24, 2.45) is 0 Å². The Balaban J connectivity index is 1.60. The van der Waals surface area contributed by atoms with Crippen LogP contribution in [0.4, 0.5) is 0 Å². The zero-order chi connectivity index (χ0) is 69.4. The molecule has 5 aliphatic rings. The van der Waals surface area contributed by atoms with Crippen LogP contribution in [0.2, 0.25) is 0 Å². The first-order valence-electron chi connectivity index (χ1n) is 23.5. The van der Waals surface area contributed by atoms with Crippen LogP contribution in [0.1, 0.15) is 0 Å². The maximum absolute atomic E-state index is 13.0. The lowest BCUT2D eigenvalue weighted by Crippen LogP contribution is -2.71. The quantitative estimate of drug-likeness (QED) is 0.0297. The summed E-state index contributed by atoms with van der Waals surface area (Å²) in [5.74, 6) is -4.91. The number of carbonyl (C=O) groups is 2. The topological polar surface area (TPSA) is 805 Å². The van der Waals surface area contributed by atoms with Gasteiger partial charge in [-0.15, -0.1) is 0 Å². The number of carboxylic acid groups (broad SMARTS) is 2. The van der Waals surface area contributed by atoms with E-state index in [2.05, 4.69) is 20.9 Å². The second kappa shape index (κ2) is 29.9. The Hall–Kier alpha value is -2.74. The van der Waals surface area contributed by atoms with Gasteiger partial charge in [0.1, 0.15) is 104 Å². The third kappa shape index (κ3) is 22.9. The van der Waals surface area contributed by atoms with Gasteiger partial charge in [0.25, 0.3) is 0 Å². The molecule has 0 aromatic carbocycles. The summed E-state index contributed by atoms with van der Waals surface area (Å²) in [7, 11) is -45.9. The van der Waals surface area contributed by atoms with E-state index in [4.69, 9.17) is 51.9 Å². The number of rotatable bonds is 30. The molecule has 5 saturated heterocycles. The predicted octanol–water partition coefficient (Wildman–Crippen LogP) is -13.8. The monoisotopic (exact) mass is 1510 g/mol. The van der Waals surface area contributed by atoms with Crippen molar-refractivity contribution in [3.8, 4) is 0 Å². The normalized spacial score (nSPS) is 38.6. The molecule has 5 aliphatic heterocycles. The van der Waals surface area contributed by atoms with Crippen molar-refractivity contribution in [3.05, 3.63) is 0 Å². The SMILES string of the molecule is CO[C@H]1O[C@H](COS(=O)(=O)O)[C@@H](O[C@@H]2O[C@@H](C(=O)O)[C@@H](O[C@@H]3O[C@H](COS(=O)(=O)O)[C@@H](O[C@@H]4O[C@H](C(=O)O)[C@@H](O[C@H]5O[C@H](COS(=O)(=O)O)[C@@H](O)[C@H](O)[C@H]5NS(=O)(=O)O)[C@H](O)[C@H]4O)[C@H](OS(=O)(=O)O)[C@H]3NS(=O)(=O)O)[C@H](O)[C@H]2OS(=O)(=O)O)[C@H](O)[C@H]1NS(=O)(=O)O. The van der Waals surface area contributed by atoms with Crippen LogP contribution in [-0.2, 0) is 161 Å². The number of ether oxygens (including phenoxy) is 10. The minimum atomic E-state index is -6.36. The molecule has 5 heterocycles. The fourth-order valence-electron chi connectivity index (χ4n) is 8.98. The van der Waals surface area contributed by atoms with Gasteiger partial charge in [0, 0.05) is 7.11 Å². The van der Waals surface area contributed by atoms with E-state index in [9.17, 15) is 150 Å². The third-order valence-electron chi connectivity index (χ3n) is 12.4. The first-order valence-corrected chi connectivity index (χ1v) is 34.7. The zero-order valence-corrected chi connectivity index (χ0v) is 50.5. The maximum Gasteiger partial charge on any atom is 0.397 e. The van der Waals surface area contributed by atoms with E-state index in [-0.39, 0.29) is 0 Å². The summed E-state index contributed by atoms with van der Waals surface area (Å²) < 4.78 is 346. The van der Waals surface area contributed by atoms with Crippen molar-refractivity contribution in [2.75, 3.05) is 26.9 Å². The highest BCUT2D eigenvalue weighted by molar-refractivity contribution is 7.84. The van der Waals surface area contributed by atoms with Crippen molar-refractivity contribution >= 4 is 94.8 Å². The Bertz CT molecular complexity index is 3490. The van der Waals surface area contributed by atoms with Gasteiger partial charge in [-0.1, -0.05) is 0 Å². The molecule has 5 rings (SSSR count). The van der Waals surface area contributed by atoms with E-state index in [1.807, 2.05) is 0 Å². The number of carboxylic acids is 2. The molecule has 0 bridgehead atoms. The maximum atomic E-state index is 13.0. The van der Waals surface area contributed by atoms with Gasteiger partial charge in [-0.25, -0.2) is 30.5 Å². The van der Waals surface area contributed by atoms with Gasteiger partial charge >= 0.3 is 94.8 Å². The van der Waals surface area contributed by atoms with Gasteiger partial charge in [-0.3, -0.25) is 36.4 Å². The summed E-state index contributed by atoms with van der Waals surface area (Å²) in [5, 5.41) is 87.8. The van der Waals surface area contributed by atoms with E-state index in [1.54, 1.807) is 0 Å². The molecule has 0 saturated carbocycles. The molecule has 0 unspecified atom stereocenters. The highest BCUT2D eigenvalue weighted by Crippen LogP contribution is 2.39. The van der Waals surface area contributed by atoms with Crippen molar-refractivity contribution in [1.82, 2.24) is 14.2 Å². The average Bonchev–Trinajstić information content (AvgIpc) is 0.767. The molecule has 534 valence electrons. The molecule has 0 radical (unpaired) electrons. The first-order chi connectivity index (χ1) is 41.2. The highest BCUT2D eigenvalue weighted by Gasteiger charge is 2.61. The molecule has 91 heavy (non-hydrogen) atoms. The van der Waals surface area contributed by atoms with E-state index < -0.39 is 268 Å². The Labute approximate surface area is 509 Å². The van der Waals surface area contributed by atoms with Gasteiger partial charge in [-0.2, -0.15) is 81.5 Å². The van der Waals surface area contributed by atoms with Crippen LogP contribution in [0.3, 0.4) is 0 Å². The van der Waals surface area contributed by atoms with Gasteiger partial charge in [0.15, 0.2) is 49.8 Å². The molecule has 25 atom stereocenters. The summed E-state index contributed by atoms with van der Waals surface area (Å²) >= 11 is 0. The van der Waals surface area contributed by atoms with E-state index >= 15 is 0 Å². The lowest BCUT2D eigenvalue weighted by molar-refractivity contribution is -0.373. The number of aliphatic carboxylic acids is 2. The minimum absolute atomic E-state index is 0.735. The van der Waals surface area contributed by atoms with Crippen molar-refractivity contribution in [1.29, 1.82) is 0 Å². The fourth-order valence-corrected chi connectivity index (χ4v) is 12.7. The number of aliphatic hydroxyl groups is 6. The van der Waals surface area contributed by atoms with Crippen molar-refractivity contribution in [2.45, 2.75) is 153 Å². The molecule has 60 heteroatoms. The summed E-state index contributed by atoms with van der Waals surface area (Å²) in [6.07, 6.45) is -63.6. The fraction of sp³-hybridized carbons (Fsp3) is 0.935. The minimum Gasteiger partial charge on any atom is -0.479 e. The summed E-state index contributed by atoms with van der Waals surface area (Å²) in [6, 6.07) is -8.17. The van der Waals surface area contributed by atoms with Crippen LogP contribution in [0, 0.1) is 0 Å². The molecule has 0 aromatic heterocycles. The largest absolute Gasteiger partial charge is 0.479 e. The van der Waals surface area contributed by atoms with Crippen LogP contribution in [0.25, 0.3) is 0 Å². The van der Waals surface area contributed by atoms with Crippen molar-refractivity contribution < 1.29 is 222 Å². The molecular weight excluding hydrogens is 1450 g/mol. The van der Waals surface area contributed by atoms with Crippen LogP contribution in [0.5, 0.6) is 0 Å². The molecule has 52 nitrogen and oxygen atoms in total. The van der Waals surface area contributed by atoms with Crippen LogP contribution in [-0.4, -0.2) is 337 Å². The second-order valence-corrected chi connectivity index (χ2v) is 27.6. The smallest absolute Gasteiger partial charge is 0.397 e. The third-order valence-corrected chi connectivity index (χ3v) is 16.4. The highest BCUT2D eigenvalue weighted by atomic mass is 32.3. The molecule has 19 N–H and O–H groups in total. The van der Waals surface area contributed by atoms with E-state index in [0.29, 0.717) is 0 Å². The summed E-state index contributed by atoms with van der Waals surface area (Å²) in [4.78, 5) is 25.8. The summed E-state index contributed by atoms with van der Waals surface area (Å²) in [5.41, 5.74) is 0. The molecular formula is C31H53N3O49S8. The number of nitrogens with one attached hydrogen (secondary N) is 3. The van der Waals surface area contributed by atoms with Crippen LogP contribution in [0.15, 0.2) is 0 Å². The van der Waals surface area contributed by atoms with E-state index in [1.165, 1.54) is 9.44 Å². The Morgan fingerprint density at radius 2 is 0.703 bits per heavy atom. The molecule has 0 aliphatic carbocycles. The lowest BCUT2D eigenvalue weighted by Gasteiger charge is -2.50. The summed E-state index contributed by atoms with van der Waals surface area (Å²) in [6.45, 7) is -5.06. The molecule has 0 aromatic rings. The first kappa shape index (κ1) is 79.0. The van der Waals surface area contributed by atoms with Crippen LogP contribution < -0.4 is 14.2 Å². The number of hydrogen-bond donors (Lipinski definition) is 19. The van der Waals surface area contributed by atoms with Crippen LogP contribution >= 0.6 is 0 Å². The van der Waals surface area contributed by atoms with Crippen molar-refractivity contribution in [3.63, 3.8) is 0 Å². The van der Waals surface area contributed by atoms with Gasteiger partial charge in [-0.05, 0) is 0 Å². The molecule has 5 fully saturated rings.